The van der Waals surface area contributed by atoms with Crippen LogP contribution in [0.1, 0.15) is 18.4 Å². The zero-order valence-electron chi connectivity index (χ0n) is 9.55. The third-order valence-electron chi connectivity index (χ3n) is 3.33. The maximum atomic E-state index is 9.84. The first-order valence-electron chi connectivity index (χ1n) is 5.97. The Morgan fingerprint density at radius 1 is 1.38 bits per heavy atom. The fourth-order valence-corrected chi connectivity index (χ4v) is 2.46. The van der Waals surface area contributed by atoms with Crippen molar-refractivity contribution in [1.29, 1.82) is 0 Å². The van der Waals surface area contributed by atoms with E-state index in [0.717, 1.165) is 25.9 Å². The molecule has 1 saturated heterocycles. The van der Waals surface area contributed by atoms with E-state index in [1.54, 1.807) is 0 Å². The monoisotopic (exact) mass is 220 g/mol. The van der Waals surface area contributed by atoms with Gasteiger partial charge in [-0.05, 0) is 24.9 Å². The molecule has 0 bridgehead atoms. The molecular weight excluding hydrogens is 200 g/mol. The quantitative estimate of drug-likeness (QED) is 0.795. The summed E-state index contributed by atoms with van der Waals surface area (Å²) in [5, 5.41) is 9.84. The van der Waals surface area contributed by atoms with Gasteiger partial charge in [-0.1, -0.05) is 30.3 Å². The summed E-state index contributed by atoms with van der Waals surface area (Å²) >= 11 is 0. The highest BCUT2D eigenvalue weighted by molar-refractivity contribution is 5.14. The lowest BCUT2D eigenvalue weighted by Crippen LogP contribution is -2.42. The lowest BCUT2D eigenvalue weighted by Gasteiger charge is -2.27. The largest absolute Gasteiger partial charge is 0.390 e. The van der Waals surface area contributed by atoms with E-state index < -0.39 is 0 Å². The molecule has 1 heterocycles. The topological polar surface area (TPSA) is 49.5 Å². The van der Waals surface area contributed by atoms with Crippen LogP contribution in [0.3, 0.4) is 0 Å². The van der Waals surface area contributed by atoms with Crippen molar-refractivity contribution in [2.24, 2.45) is 5.73 Å². The highest BCUT2D eigenvalue weighted by Gasteiger charge is 2.29. The molecule has 1 aliphatic rings. The smallest absolute Gasteiger partial charge is 0.0817 e. The molecule has 0 spiro atoms. The molecule has 3 heteroatoms. The highest BCUT2D eigenvalue weighted by atomic mass is 16.3. The third kappa shape index (κ3) is 2.61. The van der Waals surface area contributed by atoms with Gasteiger partial charge in [-0.25, -0.2) is 0 Å². The fraction of sp³-hybridized carbons (Fsp3) is 0.538. The molecule has 88 valence electrons. The number of hydrogen-bond acceptors (Lipinski definition) is 3. The fourth-order valence-electron chi connectivity index (χ4n) is 2.46. The summed E-state index contributed by atoms with van der Waals surface area (Å²) < 4.78 is 0. The SMILES string of the molecule is NCC(O)C1CCCN1Cc1ccccc1. The van der Waals surface area contributed by atoms with Gasteiger partial charge in [-0.3, -0.25) is 4.90 Å². The van der Waals surface area contributed by atoms with E-state index in [2.05, 4.69) is 29.2 Å². The Balaban J connectivity index is 1.99. The van der Waals surface area contributed by atoms with Crippen molar-refractivity contribution in [3.8, 4) is 0 Å². The van der Waals surface area contributed by atoms with Gasteiger partial charge in [-0.2, -0.15) is 0 Å². The molecule has 1 aromatic carbocycles. The Labute approximate surface area is 96.9 Å². The van der Waals surface area contributed by atoms with Crippen LogP contribution in [0.4, 0.5) is 0 Å². The zero-order valence-corrected chi connectivity index (χ0v) is 9.55. The number of aliphatic hydroxyl groups excluding tert-OH is 1. The second-order valence-electron chi connectivity index (χ2n) is 4.47. The second-order valence-corrected chi connectivity index (χ2v) is 4.47. The summed E-state index contributed by atoms with van der Waals surface area (Å²) in [6.07, 6.45) is 1.84. The van der Waals surface area contributed by atoms with Crippen LogP contribution in [0.25, 0.3) is 0 Å². The van der Waals surface area contributed by atoms with E-state index in [1.807, 2.05) is 6.07 Å². The van der Waals surface area contributed by atoms with E-state index in [1.165, 1.54) is 5.56 Å². The summed E-state index contributed by atoms with van der Waals surface area (Å²) in [7, 11) is 0. The Morgan fingerprint density at radius 3 is 2.81 bits per heavy atom. The van der Waals surface area contributed by atoms with Crippen molar-refractivity contribution < 1.29 is 5.11 Å². The average molecular weight is 220 g/mol. The molecule has 2 unspecified atom stereocenters. The van der Waals surface area contributed by atoms with Crippen molar-refractivity contribution in [2.45, 2.75) is 31.5 Å². The molecule has 0 radical (unpaired) electrons. The Morgan fingerprint density at radius 2 is 2.12 bits per heavy atom. The van der Waals surface area contributed by atoms with Crippen LogP contribution >= 0.6 is 0 Å². The van der Waals surface area contributed by atoms with E-state index in [0.29, 0.717) is 6.54 Å². The van der Waals surface area contributed by atoms with Crippen molar-refractivity contribution in [1.82, 2.24) is 4.90 Å². The summed E-state index contributed by atoms with van der Waals surface area (Å²) in [6.45, 7) is 2.34. The Kier molecular flexibility index (Phi) is 3.93. The van der Waals surface area contributed by atoms with Crippen LogP contribution in [0, 0.1) is 0 Å². The maximum absolute atomic E-state index is 9.84. The molecule has 2 atom stereocenters. The number of rotatable bonds is 4. The molecule has 0 amide bonds. The van der Waals surface area contributed by atoms with E-state index >= 15 is 0 Å². The van der Waals surface area contributed by atoms with Crippen molar-refractivity contribution in [3.63, 3.8) is 0 Å². The predicted molar refractivity (Wildman–Crippen MR) is 64.9 cm³/mol. The van der Waals surface area contributed by atoms with Crippen LogP contribution < -0.4 is 5.73 Å². The summed E-state index contributed by atoms with van der Waals surface area (Å²) in [6, 6.07) is 10.6. The minimum absolute atomic E-state index is 0.241. The minimum atomic E-state index is -0.383. The molecule has 0 aliphatic carbocycles. The van der Waals surface area contributed by atoms with Gasteiger partial charge in [0.1, 0.15) is 0 Å². The Bertz CT molecular complexity index is 315. The molecule has 16 heavy (non-hydrogen) atoms. The van der Waals surface area contributed by atoms with Gasteiger partial charge >= 0.3 is 0 Å². The summed E-state index contributed by atoms with van der Waals surface area (Å²) in [5.41, 5.74) is 6.84. The molecule has 2 rings (SSSR count). The van der Waals surface area contributed by atoms with Crippen molar-refractivity contribution in [3.05, 3.63) is 35.9 Å². The van der Waals surface area contributed by atoms with E-state index in [9.17, 15) is 5.11 Å². The summed E-state index contributed by atoms with van der Waals surface area (Å²) in [5.74, 6) is 0. The van der Waals surface area contributed by atoms with Gasteiger partial charge in [0, 0.05) is 19.1 Å². The molecule has 3 nitrogen and oxygen atoms in total. The van der Waals surface area contributed by atoms with Gasteiger partial charge in [0.2, 0.25) is 0 Å². The number of likely N-dealkylation sites (tertiary alicyclic amines) is 1. The van der Waals surface area contributed by atoms with Gasteiger partial charge < -0.3 is 10.8 Å². The van der Waals surface area contributed by atoms with Gasteiger partial charge in [0.25, 0.3) is 0 Å². The summed E-state index contributed by atoms with van der Waals surface area (Å²) in [4.78, 5) is 2.34. The standard InChI is InChI=1S/C13H20N2O/c14-9-13(16)12-7-4-8-15(12)10-11-5-2-1-3-6-11/h1-3,5-6,12-13,16H,4,7-10,14H2. The number of nitrogens with zero attached hydrogens (tertiary/aromatic N) is 1. The van der Waals surface area contributed by atoms with Crippen molar-refractivity contribution in [2.75, 3.05) is 13.1 Å². The predicted octanol–water partition coefficient (Wildman–Crippen LogP) is 0.971. The third-order valence-corrected chi connectivity index (χ3v) is 3.33. The molecule has 1 fully saturated rings. The number of nitrogens with two attached hydrogens (primary N) is 1. The molecule has 3 N–H and O–H groups in total. The normalized spacial score (nSPS) is 23.5. The maximum Gasteiger partial charge on any atom is 0.0817 e. The lowest BCUT2D eigenvalue weighted by molar-refractivity contribution is 0.0753. The van der Waals surface area contributed by atoms with E-state index in [-0.39, 0.29) is 12.1 Å². The molecular formula is C13H20N2O. The number of hydrogen-bond donors (Lipinski definition) is 2. The molecule has 1 aliphatic heterocycles. The first kappa shape index (κ1) is 11.6. The zero-order chi connectivity index (χ0) is 11.4. The molecule has 0 aromatic heterocycles. The first-order valence-corrected chi connectivity index (χ1v) is 5.97. The average Bonchev–Trinajstić information content (AvgIpc) is 2.77. The molecule has 1 aromatic rings. The van der Waals surface area contributed by atoms with Crippen LogP contribution in [0.15, 0.2) is 30.3 Å². The van der Waals surface area contributed by atoms with Gasteiger partial charge in [0.15, 0.2) is 0 Å². The highest BCUT2D eigenvalue weighted by Crippen LogP contribution is 2.22. The first-order chi connectivity index (χ1) is 7.81. The second kappa shape index (κ2) is 5.43. The Hall–Kier alpha value is -0.900. The number of aliphatic hydroxyl groups is 1. The number of benzene rings is 1. The van der Waals surface area contributed by atoms with Gasteiger partial charge in [0.05, 0.1) is 6.10 Å². The van der Waals surface area contributed by atoms with E-state index in [4.69, 9.17) is 5.73 Å². The lowest BCUT2D eigenvalue weighted by atomic mass is 10.1. The van der Waals surface area contributed by atoms with Crippen LogP contribution in [-0.4, -0.2) is 35.2 Å². The van der Waals surface area contributed by atoms with Crippen LogP contribution in [0.2, 0.25) is 0 Å². The molecule has 0 saturated carbocycles. The van der Waals surface area contributed by atoms with Crippen molar-refractivity contribution >= 4 is 0 Å². The van der Waals surface area contributed by atoms with Crippen LogP contribution in [-0.2, 0) is 6.54 Å². The van der Waals surface area contributed by atoms with Gasteiger partial charge in [-0.15, -0.1) is 0 Å². The van der Waals surface area contributed by atoms with Crippen LogP contribution in [0.5, 0.6) is 0 Å². The minimum Gasteiger partial charge on any atom is -0.390 e.